The minimum absolute atomic E-state index is 0.0218. The van der Waals surface area contributed by atoms with Gasteiger partial charge in [0, 0.05) is 20.3 Å². The SMILES string of the molecule is CN(C)NC(=O)c1cncc(O)c1. The average molecular weight is 181 g/mol. The molecule has 0 aliphatic carbocycles. The Balaban J connectivity index is 2.77. The number of nitrogens with one attached hydrogen (secondary N) is 1. The van der Waals surface area contributed by atoms with Gasteiger partial charge in [0.1, 0.15) is 5.75 Å². The minimum atomic E-state index is -0.298. The molecular weight excluding hydrogens is 170 g/mol. The van der Waals surface area contributed by atoms with Crippen LogP contribution >= 0.6 is 0 Å². The molecule has 1 heterocycles. The number of rotatable bonds is 2. The molecule has 0 saturated carbocycles. The Kier molecular flexibility index (Phi) is 2.81. The standard InChI is InChI=1S/C8H11N3O2/c1-11(2)10-8(13)6-3-7(12)5-9-4-6/h3-5,12H,1-2H3,(H,10,13). The Morgan fingerprint density at radius 3 is 2.77 bits per heavy atom. The van der Waals surface area contributed by atoms with E-state index in [4.69, 9.17) is 5.11 Å². The van der Waals surface area contributed by atoms with E-state index in [9.17, 15) is 4.79 Å². The molecule has 1 amide bonds. The van der Waals surface area contributed by atoms with E-state index in [2.05, 4.69) is 10.4 Å². The van der Waals surface area contributed by atoms with Gasteiger partial charge >= 0.3 is 0 Å². The van der Waals surface area contributed by atoms with Crippen molar-refractivity contribution in [2.75, 3.05) is 14.1 Å². The summed E-state index contributed by atoms with van der Waals surface area (Å²) in [4.78, 5) is 15.0. The molecule has 0 spiro atoms. The lowest BCUT2D eigenvalue weighted by Gasteiger charge is -2.11. The fraction of sp³-hybridized carbons (Fsp3) is 0.250. The molecule has 70 valence electrons. The van der Waals surface area contributed by atoms with Crippen LogP contribution in [0.15, 0.2) is 18.5 Å². The van der Waals surface area contributed by atoms with Gasteiger partial charge in [-0.15, -0.1) is 0 Å². The highest BCUT2D eigenvalue weighted by Crippen LogP contribution is 2.07. The molecule has 0 aliphatic heterocycles. The third-order valence-corrected chi connectivity index (χ3v) is 1.31. The largest absolute Gasteiger partial charge is 0.506 e. The summed E-state index contributed by atoms with van der Waals surface area (Å²) in [6.07, 6.45) is 2.66. The maximum atomic E-state index is 11.3. The predicted molar refractivity (Wildman–Crippen MR) is 47.1 cm³/mol. The van der Waals surface area contributed by atoms with Gasteiger partial charge in [-0.05, 0) is 6.07 Å². The summed E-state index contributed by atoms with van der Waals surface area (Å²) in [6, 6.07) is 1.35. The van der Waals surface area contributed by atoms with Crippen molar-refractivity contribution in [2.24, 2.45) is 0 Å². The van der Waals surface area contributed by atoms with Crippen molar-refractivity contribution < 1.29 is 9.90 Å². The van der Waals surface area contributed by atoms with Crippen molar-refractivity contribution in [3.05, 3.63) is 24.0 Å². The lowest BCUT2D eigenvalue weighted by atomic mass is 10.3. The number of carbonyl (C=O) groups is 1. The minimum Gasteiger partial charge on any atom is -0.506 e. The average Bonchev–Trinajstić information content (AvgIpc) is 2.03. The summed E-state index contributed by atoms with van der Waals surface area (Å²) in [5.74, 6) is -0.320. The number of aromatic nitrogens is 1. The second-order valence-electron chi connectivity index (χ2n) is 2.77. The van der Waals surface area contributed by atoms with E-state index < -0.39 is 0 Å². The number of hydrazine groups is 1. The van der Waals surface area contributed by atoms with Crippen LogP contribution in [0.4, 0.5) is 0 Å². The summed E-state index contributed by atoms with van der Waals surface area (Å²) in [5.41, 5.74) is 2.86. The van der Waals surface area contributed by atoms with Gasteiger partial charge in [-0.3, -0.25) is 15.2 Å². The Labute approximate surface area is 76.0 Å². The van der Waals surface area contributed by atoms with Gasteiger partial charge in [0.15, 0.2) is 0 Å². The van der Waals surface area contributed by atoms with Gasteiger partial charge in [-0.1, -0.05) is 0 Å². The molecule has 0 atom stereocenters. The fourth-order valence-electron chi connectivity index (χ4n) is 0.820. The summed E-state index contributed by atoms with van der Waals surface area (Å²) in [5, 5.41) is 10.6. The number of hydrogen-bond acceptors (Lipinski definition) is 4. The number of pyridine rings is 1. The normalized spacial score (nSPS) is 10.1. The van der Waals surface area contributed by atoms with Gasteiger partial charge < -0.3 is 5.11 Å². The number of amides is 1. The van der Waals surface area contributed by atoms with Crippen molar-refractivity contribution in [1.82, 2.24) is 15.4 Å². The highest BCUT2D eigenvalue weighted by atomic mass is 16.3. The molecule has 5 heteroatoms. The Bertz CT molecular complexity index is 312. The van der Waals surface area contributed by atoms with E-state index in [1.807, 2.05) is 0 Å². The Morgan fingerprint density at radius 1 is 1.54 bits per heavy atom. The second-order valence-corrected chi connectivity index (χ2v) is 2.77. The van der Waals surface area contributed by atoms with Crippen molar-refractivity contribution in [1.29, 1.82) is 0 Å². The van der Waals surface area contributed by atoms with Gasteiger partial charge in [-0.2, -0.15) is 0 Å². The quantitative estimate of drug-likeness (QED) is 0.630. The molecule has 13 heavy (non-hydrogen) atoms. The molecule has 0 aliphatic rings. The predicted octanol–water partition coefficient (Wildman–Crippen LogP) is -0.00640. The molecule has 0 unspecified atom stereocenters. The number of aromatic hydroxyl groups is 1. The summed E-state index contributed by atoms with van der Waals surface area (Å²) in [7, 11) is 3.41. The molecule has 2 N–H and O–H groups in total. The van der Waals surface area contributed by atoms with E-state index in [0.717, 1.165) is 0 Å². The third-order valence-electron chi connectivity index (χ3n) is 1.31. The lowest BCUT2D eigenvalue weighted by molar-refractivity contribution is 0.0856. The third kappa shape index (κ3) is 2.72. The van der Waals surface area contributed by atoms with E-state index in [1.54, 1.807) is 14.1 Å². The smallest absolute Gasteiger partial charge is 0.267 e. The van der Waals surface area contributed by atoms with Crippen molar-refractivity contribution in [2.45, 2.75) is 0 Å². The topological polar surface area (TPSA) is 65.5 Å². The van der Waals surface area contributed by atoms with Crippen LogP contribution in [-0.4, -0.2) is 35.1 Å². The first-order valence-corrected chi connectivity index (χ1v) is 3.72. The molecule has 0 bridgehead atoms. The lowest BCUT2D eigenvalue weighted by Crippen LogP contribution is -2.36. The maximum absolute atomic E-state index is 11.3. The number of nitrogens with zero attached hydrogens (tertiary/aromatic N) is 2. The van der Waals surface area contributed by atoms with Gasteiger partial charge in [0.25, 0.3) is 5.91 Å². The van der Waals surface area contributed by atoms with Crippen LogP contribution in [0.3, 0.4) is 0 Å². The molecule has 1 aromatic rings. The zero-order valence-corrected chi connectivity index (χ0v) is 7.48. The summed E-state index contributed by atoms with van der Waals surface area (Å²) >= 11 is 0. The van der Waals surface area contributed by atoms with Crippen molar-refractivity contribution in [3.8, 4) is 5.75 Å². The van der Waals surface area contributed by atoms with Crippen LogP contribution in [0.2, 0.25) is 0 Å². The first-order valence-electron chi connectivity index (χ1n) is 3.72. The second kappa shape index (κ2) is 3.86. The summed E-state index contributed by atoms with van der Waals surface area (Å²) < 4.78 is 0. The molecule has 1 rings (SSSR count). The van der Waals surface area contributed by atoms with Gasteiger partial charge in [0.05, 0.1) is 11.8 Å². The van der Waals surface area contributed by atoms with Crippen LogP contribution in [0.25, 0.3) is 0 Å². The molecule has 5 nitrogen and oxygen atoms in total. The van der Waals surface area contributed by atoms with Crippen LogP contribution in [0.5, 0.6) is 5.75 Å². The molecule has 0 aromatic carbocycles. The Hall–Kier alpha value is -1.62. The van der Waals surface area contributed by atoms with Crippen LogP contribution in [-0.2, 0) is 0 Å². The van der Waals surface area contributed by atoms with Crippen molar-refractivity contribution in [3.63, 3.8) is 0 Å². The maximum Gasteiger partial charge on any atom is 0.267 e. The zero-order chi connectivity index (χ0) is 9.84. The van der Waals surface area contributed by atoms with E-state index in [-0.39, 0.29) is 11.7 Å². The molecular formula is C8H11N3O2. The highest BCUT2D eigenvalue weighted by Gasteiger charge is 2.06. The molecule has 0 saturated heterocycles. The van der Waals surface area contributed by atoms with E-state index in [1.165, 1.54) is 23.5 Å². The van der Waals surface area contributed by atoms with Crippen LogP contribution in [0, 0.1) is 0 Å². The number of carbonyl (C=O) groups excluding carboxylic acids is 1. The Morgan fingerprint density at radius 2 is 2.23 bits per heavy atom. The zero-order valence-electron chi connectivity index (χ0n) is 7.48. The van der Waals surface area contributed by atoms with Crippen molar-refractivity contribution >= 4 is 5.91 Å². The molecule has 0 fully saturated rings. The van der Waals surface area contributed by atoms with E-state index >= 15 is 0 Å². The summed E-state index contributed by atoms with van der Waals surface area (Å²) in [6.45, 7) is 0. The number of hydrogen-bond donors (Lipinski definition) is 2. The van der Waals surface area contributed by atoms with Gasteiger partial charge in [-0.25, -0.2) is 5.01 Å². The van der Waals surface area contributed by atoms with E-state index in [0.29, 0.717) is 5.56 Å². The van der Waals surface area contributed by atoms with Gasteiger partial charge in [0.2, 0.25) is 0 Å². The first-order chi connectivity index (χ1) is 6.09. The highest BCUT2D eigenvalue weighted by molar-refractivity contribution is 5.93. The van der Waals surface area contributed by atoms with Crippen LogP contribution in [0.1, 0.15) is 10.4 Å². The molecule has 0 radical (unpaired) electrons. The van der Waals surface area contributed by atoms with Crippen LogP contribution < -0.4 is 5.43 Å². The fourth-order valence-corrected chi connectivity index (χ4v) is 0.820. The first kappa shape index (κ1) is 9.47. The monoisotopic (exact) mass is 181 g/mol. The molecule has 1 aromatic heterocycles.